The fraction of sp³-hybridized carbons (Fsp3) is 0.667. The van der Waals surface area contributed by atoms with Gasteiger partial charge in [-0.2, -0.15) is 0 Å². The maximum absolute atomic E-state index is 6.23. The molecule has 3 atom stereocenters. The molecule has 2 rings (SSSR count). The van der Waals surface area contributed by atoms with Crippen molar-refractivity contribution in [1.82, 2.24) is 5.32 Å². The van der Waals surface area contributed by atoms with Crippen molar-refractivity contribution in [2.45, 2.75) is 65.5 Å². The van der Waals surface area contributed by atoms with E-state index in [1.165, 1.54) is 12.0 Å². The summed E-state index contributed by atoms with van der Waals surface area (Å²) in [4.78, 5) is 0. The van der Waals surface area contributed by atoms with Crippen LogP contribution >= 0.6 is 0 Å². The molecule has 1 saturated carbocycles. The van der Waals surface area contributed by atoms with E-state index in [4.69, 9.17) is 4.74 Å². The van der Waals surface area contributed by atoms with Crippen LogP contribution in [0, 0.1) is 5.41 Å². The van der Waals surface area contributed by atoms with E-state index in [1.807, 2.05) is 0 Å². The fourth-order valence-corrected chi connectivity index (χ4v) is 3.08. The highest BCUT2D eigenvalue weighted by Crippen LogP contribution is 2.46. The first-order chi connectivity index (χ1) is 9.63. The van der Waals surface area contributed by atoms with Crippen molar-refractivity contribution in [3.05, 3.63) is 29.8 Å². The molecule has 20 heavy (non-hydrogen) atoms. The van der Waals surface area contributed by atoms with Gasteiger partial charge in [0.05, 0.1) is 0 Å². The third-order valence-corrected chi connectivity index (χ3v) is 4.99. The lowest BCUT2D eigenvalue weighted by molar-refractivity contribution is -0.0701. The SMILES string of the molecule is CCCNC1CC(Oc2ccc(CC)cc2)C1(C)CC. The van der Waals surface area contributed by atoms with Crippen molar-refractivity contribution >= 4 is 0 Å². The van der Waals surface area contributed by atoms with E-state index in [0.29, 0.717) is 12.1 Å². The normalized spacial score (nSPS) is 29.0. The first-order valence-electron chi connectivity index (χ1n) is 8.13. The smallest absolute Gasteiger partial charge is 0.119 e. The lowest BCUT2D eigenvalue weighted by atomic mass is 9.61. The van der Waals surface area contributed by atoms with Gasteiger partial charge in [-0.05, 0) is 43.5 Å². The van der Waals surface area contributed by atoms with Crippen LogP contribution in [-0.2, 0) is 6.42 Å². The zero-order chi connectivity index (χ0) is 14.6. The molecular formula is C18H29NO. The molecule has 0 radical (unpaired) electrons. The first-order valence-corrected chi connectivity index (χ1v) is 8.13. The predicted molar refractivity (Wildman–Crippen MR) is 85.3 cm³/mol. The summed E-state index contributed by atoms with van der Waals surface area (Å²) in [6.45, 7) is 10.1. The number of rotatable bonds is 7. The number of aryl methyl sites for hydroxylation is 1. The molecule has 0 saturated heterocycles. The lowest BCUT2D eigenvalue weighted by Crippen LogP contribution is -2.63. The molecule has 0 heterocycles. The topological polar surface area (TPSA) is 21.3 Å². The van der Waals surface area contributed by atoms with Crippen LogP contribution in [0.3, 0.4) is 0 Å². The van der Waals surface area contributed by atoms with E-state index in [-0.39, 0.29) is 5.41 Å². The molecule has 1 aliphatic rings. The van der Waals surface area contributed by atoms with Gasteiger partial charge in [0, 0.05) is 17.9 Å². The molecule has 0 aliphatic heterocycles. The number of ether oxygens (including phenoxy) is 1. The Hall–Kier alpha value is -1.02. The molecule has 1 aliphatic carbocycles. The summed E-state index contributed by atoms with van der Waals surface area (Å²) in [6.07, 6.45) is 4.90. The van der Waals surface area contributed by atoms with Crippen molar-refractivity contribution in [3.8, 4) is 5.75 Å². The molecule has 0 amide bonds. The quantitative estimate of drug-likeness (QED) is 0.806. The van der Waals surface area contributed by atoms with E-state index >= 15 is 0 Å². The summed E-state index contributed by atoms with van der Waals surface area (Å²) in [7, 11) is 0. The second kappa shape index (κ2) is 6.62. The van der Waals surface area contributed by atoms with Crippen LogP contribution in [0.25, 0.3) is 0 Å². The minimum Gasteiger partial charge on any atom is -0.490 e. The zero-order valence-corrected chi connectivity index (χ0v) is 13.4. The Morgan fingerprint density at radius 1 is 1.20 bits per heavy atom. The highest BCUT2D eigenvalue weighted by Gasteiger charge is 2.51. The Bertz CT molecular complexity index is 414. The number of hydrogen-bond donors (Lipinski definition) is 1. The fourth-order valence-electron chi connectivity index (χ4n) is 3.08. The Balaban J connectivity index is 1.95. The Morgan fingerprint density at radius 3 is 2.45 bits per heavy atom. The molecule has 1 fully saturated rings. The van der Waals surface area contributed by atoms with Crippen LogP contribution in [0.5, 0.6) is 5.75 Å². The monoisotopic (exact) mass is 275 g/mol. The van der Waals surface area contributed by atoms with E-state index in [0.717, 1.165) is 31.6 Å². The molecule has 0 spiro atoms. The van der Waals surface area contributed by atoms with Gasteiger partial charge in [-0.1, -0.05) is 39.8 Å². The molecule has 1 N–H and O–H groups in total. The van der Waals surface area contributed by atoms with Gasteiger partial charge in [0.25, 0.3) is 0 Å². The Morgan fingerprint density at radius 2 is 1.90 bits per heavy atom. The van der Waals surface area contributed by atoms with Crippen LogP contribution in [0.1, 0.15) is 52.5 Å². The average molecular weight is 275 g/mol. The number of benzene rings is 1. The second-order valence-corrected chi connectivity index (χ2v) is 6.21. The van der Waals surface area contributed by atoms with Gasteiger partial charge >= 0.3 is 0 Å². The van der Waals surface area contributed by atoms with Gasteiger partial charge in [-0.3, -0.25) is 0 Å². The van der Waals surface area contributed by atoms with Crippen molar-refractivity contribution in [3.63, 3.8) is 0 Å². The molecule has 0 aromatic heterocycles. The molecule has 2 heteroatoms. The molecule has 0 bridgehead atoms. The summed E-state index contributed by atoms with van der Waals surface area (Å²) < 4.78 is 6.23. The van der Waals surface area contributed by atoms with Crippen molar-refractivity contribution in [2.75, 3.05) is 6.54 Å². The lowest BCUT2D eigenvalue weighted by Gasteiger charge is -2.53. The Kier molecular flexibility index (Phi) is 5.09. The number of nitrogens with one attached hydrogen (secondary N) is 1. The molecule has 1 aromatic carbocycles. The standard InChI is InChI=1S/C18H29NO/c1-5-12-19-16-13-17(18(16,4)7-3)20-15-10-8-14(6-2)9-11-15/h8-11,16-17,19H,5-7,12-13H2,1-4H3. The van der Waals surface area contributed by atoms with Crippen molar-refractivity contribution in [1.29, 1.82) is 0 Å². The summed E-state index contributed by atoms with van der Waals surface area (Å²) >= 11 is 0. The third kappa shape index (κ3) is 3.01. The second-order valence-electron chi connectivity index (χ2n) is 6.21. The van der Waals surface area contributed by atoms with Crippen LogP contribution in [0.4, 0.5) is 0 Å². The minimum absolute atomic E-state index is 0.262. The molecule has 112 valence electrons. The third-order valence-electron chi connectivity index (χ3n) is 4.99. The molecule has 2 nitrogen and oxygen atoms in total. The largest absolute Gasteiger partial charge is 0.490 e. The zero-order valence-electron chi connectivity index (χ0n) is 13.4. The van der Waals surface area contributed by atoms with E-state index in [2.05, 4.69) is 57.3 Å². The van der Waals surface area contributed by atoms with Crippen LogP contribution in [0.2, 0.25) is 0 Å². The summed E-state index contributed by atoms with van der Waals surface area (Å²) in [5.74, 6) is 1.01. The van der Waals surface area contributed by atoms with Crippen LogP contribution in [-0.4, -0.2) is 18.7 Å². The molecule has 1 aromatic rings. The van der Waals surface area contributed by atoms with Crippen molar-refractivity contribution < 1.29 is 4.74 Å². The summed E-state index contributed by atoms with van der Waals surface area (Å²) in [5, 5.41) is 3.66. The highest BCUT2D eigenvalue weighted by atomic mass is 16.5. The maximum atomic E-state index is 6.23. The van der Waals surface area contributed by atoms with Gasteiger partial charge in [0.2, 0.25) is 0 Å². The van der Waals surface area contributed by atoms with Gasteiger partial charge in [-0.15, -0.1) is 0 Å². The van der Waals surface area contributed by atoms with Crippen molar-refractivity contribution in [2.24, 2.45) is 5.41 Å². The summed E-state index contributed by atoms with van der Waals surface area (Å²) in [5.41, 5.74) is 1.63. The summed E-state index contributed by atoms with van der Waals surface area (Å²) in [6, 6.07) is 9.17. The van der Waals surface area contributed by atoms with E-state index in [9.17, 15) is 0 Å². The number of hydrogen-bond acceptors (Lipinski definition) is 2. The molecule has 3 unspecified atom stereocenters. The Labute approximate surface area is 123 Å². The predicted octanol–water partition coefficient (Wildman–Crippen LogP) is 4.18. The first kappa shape index (κ1) is 15.4. The van der Waals surface area contributed by atoms with Gasteiger partial charge in [-0.25, -0.2) is 0 Å². The average Bonchev–Trinajstić information content (AvgIpc) is 2.49. The van der Waals surface area contributed by atoms with Gasteiger partial charge in [0.1, 0.15) is 11.9 Å². The van der Waals surface area contributed by atoms with E-state index in [1.54, 1.807) is 0 Å². The van der Waals surface area contributed by atoms with E-state index < -0.39 is 0 Å². The van der Waals surface area contributed by atoms with Crippen LogP contribution < -0.4 is 10.1 Å². The van der Waals surface area contributed by atoms with Gasteiger partial charge < -0.3 is 10.1 Å². The molecular weight excluding hydrogens is 246 g/mol. The van der Waals surface area contributed by atoms with Crippen LogP contribution in [0.15, 0.2) is 24.3 Å². The minimum atomic E-state index is 0.262. The van der Waals surface area contributed by atoms with Gasteiger partial charge in [0.15, 0.2) is 0 Å². The highest BCUT2D eigenvalue weighted by molar-refractivity contribution is 5.28. The maximum Gasteiger partial charge on any atom is 0.119 e.